The molecule has 0 atom stereocenters. The molecule has 0 amide bonds. The van der Waals surface area contributed by atoms with E-state index in [2.05, 4.69) is 5.32 Å². The van der Waals surface area contributed by atoms with Crippen LogP contribution in [0, 0.1) is 5.41 Å². The van der Waals surface area contributed by atoms with E-state index in [1.54, 1.807) is 0 Å². The molecule has 1 fully saturated rings. The number of rotatable bonds is 4. The fraction of sp³-hybridized carbons (Fsp3) is 0.533. The number of halogens is 2. The summed E-state index contributed by atoms with van der Waals surface area (Å²) in [5.74, 6) is -0.0635. The number of benzene rings is 1. The van der Waals surface area contributed by atoms with Crippen LogP contribution in [-0.2, 0) is 16.0 Å². The number of nitrogens with one attached hydrogen (secondary N) is 1. The van der Waals surface area contributed by atoms with E-state index in [0.29, 0.717) is 6.61 Å². The SMILES string of the molecule is CCOC(=O)C1(Cc2ccc(Cl)cc2)CCNCC1.Cl. The van der Waals surface area contributed by atoms with Gasteiger partial charge in [-0.25, -0.2) is 0 Å². The van der Waals surface area contributed by atoms with Crippen molar-refractivity contribution in [2.24, 2.45) is 5.41 Å². The topological polar surface area (TPSA) is 38.3 Å². The van der Waals surface area contributed by atoms with Crippen LogP contribution in [0.4, 0.5) is 0 Å². The van der Waals surface area contributed by atoms with Crippen molar-refractivity contribution in [3.8, 4) is 0 Å². The Morgan fingerprint density at radius 2 is 1.90 bits per heavy atom. The Morgan fingerprint density at radius 1 is 1.30 bits per heavy atom. The molecule has 20 heavy (non-hydrogen) atoms. The molecule has 0 saturated carbocycles. The van der Waals surface area contributed by atoms with Crippen LogP contribution < -0.4 is 5.32 Å². The standard InChI is InChI=1S/C15H20ClNO2.ClH/c1-2-19-14(18)15(7-9-17-10-8-15)11-12-3-5-13(16)6-4-12;/h3-6,17H,2,7-11H2,1H3;1H. The summed E-state index contributed by atoms with van der Waals surface area (Å²) in [6.45, 7) is 4.03. The normalized spacial score (nSPS) is 17.1. The van der Waals surface area contributed by atoms with Gasteiger partial charge >= 0.3 is 5.97 Å². The van der Waals surface area contributed by atoms with Crippen molar-refractivity contribution in [2.75, 3.05) is 19.7 Å². The van der Waals surface area contributed by atoms with Crippen LogP contribution in [0.5, 0.6) is 0 Å². The number of hydrogen-bond acceptors (Lipinski definition) is 3. The van der Waals surface area contributed by atoms with Gasteiger partial charge in [0.1, 0.15) is 0 Å². The molecule has 0 aliphatic carbocycles. The van der Waals surface area contributed by atoms with Crippen LogP contribution in [0.1, 0.15) is 25.3 Å². The van der Waals surface area contributed by atoms with Gasteiger partial charge in [0.15, 0.2) is 0 Å². The Labute approximate surface area is 131 Å². The summed E-state index contributed by atoms with van der Waals surface area (Å²) in [7, 11) is 0. The molecule has 1 aromatic rings. The molecule has 1 N–H and O–H groups in total. The quantitative estimate of drug-likeness (QED) is 0.866. The summed E-state index contributed by atoms with van der Waals surface area (Å²) in [6, 6.07) is 7.73. The van der Waals surface area contributed by atoms with E-state index in [-0.39, 0.29) is 23.8 Å². The lowest BCUT2D eigenvalue weighted by atomic mass is 9.74. The molecule has 0 aromatic heterocycles. The summed E-state index contributed by atoms with van der Waals surface area (Å²) < 4.78 is 5.29. The van der Waals surface area contributed by atoms with Crippen molar-refractivity contribution in [1.29, 1.82) is 0 Å². The number of esters is 1. The van der Waals surface area contributed by atoms with Crippen molar-refractivity contribution >= 4 is 30.0 Å². The average Bonchev–Trinajstić information content (AvgIpc) is 2.43. The minimum Gasteiger partial charge on any atom is -0.466 e. The highest BCUT2D eigenvalue weighted by Crippen LogP contribution is 2.34. The first-order valence-corrected chi connectivity index (χ1v) is 7.16. The lowest BCUT2D eigenvalue weighted by Crippen LogP contribution is -2.44. The highest BCUT2D eigenvalue weighted by molar-refractivity contribution is 6.30. The van der Waals surface area contributed by atoms with Gasteiger partial charge in [-0.05, 0) is 57.0 Å². The lowest BCUT2D eigenvalue weighted by molar-refractivity contribution is -0.157. The number of hydrogen-bond donors (Lipinski definition) is 1. The van der Waals surface area contributed by atoms with E-state index in [1.165, 1.54) is 0 Å². The van der Waals surface area contributed by atoms with Crippen LogP contribution >= 0.6 is 24.0 Å². The highest BCUT2D eigenvalue weighted by atomic mass is 35.5. The van der Waals surface area contributed by atoms with Gasteiger partial charge in [-0.3, -0.25) is 4.79 Å². The molecular weight excluding hydrogens is 297 g/mol. The van der Waals surface area contributed by atoms with Crippen LogP contribution in [0.3, 0.4) is 0 Å². The van der Waals surface area contributed by atoms with Gasteiger partial charge in [-0.2, -0.15) is 0 Å². The van der Waals surface area contributed by atoms with E-state index >= 15 is 0 Å². The van der Waals surface area contributed by atoms with E-state index in [0.717, 1.165) is 42.9 Å². The Morgan fingerprint density at radius 3 is 2.45 bits per heavy atom. The first kappa shape index (κ1) is 17.3. The van der Waals surface area contributed by atoms with Gasteiger partial charge in [0.2, 0.25) is 0 Å². The highest BCUT2D eigenvalue weighted by Gasteiger charge is 2.40. The number of piperidine rings is 1. The minimum absolute atomic E-state index is 0. The van der Waals surface area contributed by atoms with Gasteiger partial charge in [-0.1, -0.05) is 23.7 Å². The lowest BCUT2D eigenvalue weighted by Gasteiger charge is -2.35. The molecule has 1 saturated heterocycles. The second-order valence-electron chi connectivity index (χ2n) is 5.05. The monoisotopic (exact) mass is 317 g/mol. The zero-order valence-electron chi connectivity index (χ0n) is 11.7. The third-order valence-electron chi connectivity index (χ3n) is 3.72. The maximum absolute atomic E-state index is 12.3. The summed E-state index contributed by atoms with van der Waals surface area (Å²) in [5.41, 5.74) is 0.758. The second kappa shape index (κ2) is 7.87. The maximum Gasteiger partial charge on any atom is 0.312 e. The van der Waals surface area contributed by atoms with Crippen LogP contribution in [0.15, 0.2) is 24.3 Å². The molecule has 1 aliphatic heterocycles. The van der Waals surface area contributed by atoms with Gasteiger partial charge in [0.25, 0.3) is 0 Å². The molecule has 1 heterocycles. The Kier molecular flexibility index (Phi) is 6.80. The predicted molar refractivity (Wildman–Crippen MR) is 83.6 cm³/mol. The van der Waals surface area contributed by atoms with Crippen molar-refractivity contribution < 1.29 is 9.53 Å². The largest absolute Gasteiger partial charge is 0.466 e. The van der Waals surface area contributed by atoms with Crippen LogP contribution in [0.25, 0.3) is 0 Å². The molecule has 0 spiro atoms. The fourth-order valence-electron chi connectivity index (χ4n) is 2.64. The van der Waals surface area contributed by atoms with E-state index in [9.17, 15) is 4.79 Å². The molecule has 0 bridgehead atoms. The summed E-state index contributed by atoms with van der Waals surface area (Å²) >= 11 is 5.90. The van der Waals surface area contributed by atoms with Gasteiger partial charge < -0.3 is 10.1 Å². The predicted octanol–water partition coefficient (Wildman–Crippen LogP) is 3.24. The molecule has 5 heteroatoms. The van der Waals surface area contributed by atoms with Crippen molar-refractivity contribution in [2.45, 2.75) is 26.2 Å². The number of ether oxygens (including phenoxy) is 1. The maximum atomic E-state index is 12.3. The summed E-state index contributed by atoms with van der Waals surface area (Å²) in [6.07, 6.45) is 2.38. The molecule has 1 aromatic carbocycles. The van der Waals surface area contributed by atoms with Crippen molar-refractivity contribution in [3.63, 3.8) is 0 Å². The Bertz CT molecular complexity index is 428. The zero-order valence-corrected chi connectivity index (χ0v) is 13.2. The van der Waals surface area contributed by atoms with Crippen molar-refractivity contribution in [1.82, 2.24) is 5.32 Å². The van der Waals surface area contributed by atoms with Gasteiger partial charge in [0, 0.05) is 5.02 Å². The van der Waals surface area contributed by atoms with Crippen LogP contribution in [0.2, 0.25) is 5.02 Å². The van der Waals surface area contributed by atoms with Gasteiger partial charge in [0.05, 0.1) is 12.0 Å². The molecule has 2 rings (SSSR count). The first-order chi connectivity index (χ1) is 9.16. The van der Waals surface area contributed by atoms with E-state index < -0.39 is 0 Å². The first-order valence-electron chi connectivity index (χ1n) is 6.79. The fourth-order valence-corrected chi connectivity index (χ4v) is 2.76. The number of carbonyl (C=O) groups is 1. The smallest absolute Gasteiger partial charge is 0.312 e. The van der Waals surface area contributed by atoms with Gasteiger partial charge in [-0.15, -0.1) is 12.4 Å². The third-order valence-corrected chi connectivity index (χ3v) is 3.98. The molecular formula is C15H21Cl2NO2. The summed E-state index contributed by atoms with van der Waals surface area (Å²) in [4.78, 5) is 12.3. The molecule has 1 aliphatic rings. The summed E-state index contributed by atoms with van der Waals surface area (Å²) in [5, 5.41) is 4.02. The second-order valence-corrected chi connectivity index (χ2v) is 5.49. The molecule has 0 unspecified atom stereocenters. The van der Waals surface area contributed by atoms with Crippen LogP contribution in [-0.4, -0.2) is 25.7 Å². The van der Waals surface area contributed by atoms with E-state index in [4.69, 9.17) is 16.3 Å². The van der Waals surface area contributed by atoms with E-state index in [1.807, 2.05) is 31.2 Å². The number of carbonyl (C=O) groups excluding carboxylic acids is 1. The molecule has 112 valence electrons. The molecule has 0 radical (unpaired) electrons. The van der Waals surface area contributed by atoms with Crippen molar-refractivity contribution in [3.05, 3.63) is 34.9 Å². The zero-order chi connectivity index (χ0) is 13.7. The Hall–Kier alpha value is -0.770. The molecule has 3 nitrogen and oxygen atoms in total. The Balaban J connectivity index is 0.00000200. The average molecular weight is 318 g/mol. The minimum atomic E-state index is -0.380. The third kappa shape index (κ3) is 4.11.